The maximum Gasteiger partial charge on any atom is 0.148 e. The van der Waals surface area contributed by atoms with E-state index >= 15 is 0 Å². The lowest BCUT2D eigenvalue weighted by molar-refractivity contribution is 0.490. The normalized spacial score (nSPS) is 21.6. The summed E-state index contributed by atoms with van der Waals surface area (Å²) in [4.78, 5) is 0. The van der Waals surface area contributed by atoms with Crippen molar-refractivity contribution in [3.8, 4) is 0 Å². The quantitative estimate of drug-likeness (QED) is 0.763. The van der Waals surface area contributed by atoms with E-state index in [2.05, 4.69) is 34.3 Å². The number of rotatable bonds is 1. The van der Waals surface area contributed by atoms with Crippen LogP contribution in [0.5, 0.6) is 0 Å². The summed E-state index contributed by atoms with van der Waals surface area (Å²) in [5.74, 6) is 1.20. The average Bonchev–Trinajstić information content (AvgIpc) is 2.85. The van der Waals surface area contributed by atoms with E-state index in [0.717, 1.165) is 18.8 Å². The van der Waals surface area contributed by atoms with Gasteiger partial charge in [-0.15, -0.1) is 0 Å². The Morgan fingerprint density at radius 3 is 2.81 bits per heavy atom. The molecule has 0 bridgehead atoms. The molecule has 1 aliphatic carbocycles. The van der Waals surface area contributed by atoms with E-state index < -0.39 is 0 Å². The van der Waals surface area contributed by atoms with Crippen LogP contribution in [0.1, 0.15) is 38.3 Å². The van der Waals surface area contributed by atoms with Gasteiger partial charge in [0.25, 0.3) is 0 Å². The first-order valence-electron chi connectivity index (χ1n) is 6.33. The third-order valence-electron chi connectivity index (χ3n) is 3.97. The lowest BCUT2D eigenvalue weighted by atomic mass is 9.95. The Morgan fingerprint density at radius 1 is 1.38 bits per heavy atom. The largest absolute Gasteiger partial charge is 0.378 e. The Hall–Kier alpha value is -1.19. The standard InChI is InChI=1S/C12H20N4/c1-3-16-11-10(9(2)15-16)13-8-12(14-11)6-4-5-7-12/h13-14H,3-8H2,1-2H3. The minimum Gasteiger partial charge on any atom is -0.378 e. The van der Waals surface area contributed by atoms with Crippen molar-refractivity contribution in [2.24, 2.45) is 0 Å². The Labute approximate surface area is 96.4 Å². The lowest BCUT2D eigenvalue weighted by Gasteiger charge is -2.36. The maximum atomic E-state index is 4.56. The zero-order chi connectivity index (χ0) is 11.2. The van der Waals surface area contributed by atoms with Crippen LogP contribution in [0.2, 0.25) is 0 Å². The van der Waals surface area contributed by atoms with Gasteiger partial charge in [0, 0.05) is 13.1 Å². The first-order chi connectivity index (χ1) is 7.74. The Morgan fingerprint density at radius 2 is 2.12 bits per heavy atom. The van der Waals surface area contributed by atoms with Crippen LogP contribution in [0, 0.1) is 6.92 Å². The van der Waals surface area contributed by atoms with E-state index in [4.69, 9.17) is 0 Å². The predicted octanol–water partition coefficient (Wildman–Crippen LogP) is 2.36. The molecule has 16 heavy (non-hydrogen) atoms. The van der Waals surface area contributed by atoms with Crippen LogP contribution < -0.4 is 10.6 Å². The molecule has 0 atom stereocenters. The molecule has 1 saturated carbocycles. The highest BCUT2D eigenvalue weighted by molar-refractivity contribution is 5.71. The van der Waals surface area contributed by atoms with Crippen LogP contribution in [-0.4, -0.2) is 21.9 Å². The van der Waals surface area contributed by atoms with Gasteiger partial charge in [-0.25, -0.2) is 4.68 Å². The van der Waals surface area contributed by atoms with Crippen molar-refractivity contribution < 1.29 is 0 Å². The molecule has 0 saturated heterocycles. The van der Waals surface area contributed by atoms with E-state index in [0.29, 0.717) is 5.54 Å². The van der Waals surface area contributed by atoms with E-state index in [-0.39, 0.29) is 0 Å². The topological polar surface area (TPSA) is 41.9 Å². The zero-order valence-corrected chi connectivity index (χ0v) is 10.1. The summed E-state index contributed by atoms with van der Waals surface area (Å²) < 4.78 is 2.08. The van der Waals surface area contributed by atoms with Crippen molar-refractivity contribution in [3.05, 3.63) is 5.69 Å². The summed E-state index contributed by atoms with van der Waals surface area (Å²) in [5, 5.41) is 11.9. The summed E-state index contributed by atoms with van der Waals surface area (Å²) in [7, 11) is 0. The molecule has 88 valence electrons. The SMILES string of the molecule is CCn1nc(C)c2c1NC1(CCCC1)CN2. The van der Waals surface area contributed by atoms with Crippen LogP contribution >= 0.6 is 0 Å². The highest BCUT2D eigenvalue weighted by atomic mass is 15.4. The predicted molar refractivity (Wildman–Crippen MR) is 65.9 cm³/mol. The van der Waals surface area contributed by atoms with Gasteiger partial charge in [0.15, 0.2) is 0 Å². The van der Waals surface area contributed by atoms with Crippen LogP contribution in [0.3, 0.4) is 0 Å². The van der Waals surface area contributed by atoms with Gasteiger partial charge in [-0.2, -0.15) is 5.10 Å². The van der Waals surface area contributed by atoms with Gasteiger partial charge in [0.1, 0.15) is 11.5 Å². The van der Waals surface area contributed by atoms with Crippen LogP contribution in [-0.2, 0) is 6.54 Å². The molecule has 2 heterocycles. The van der Waals surface area contributed by atoms with Crippen LogP contribution in [0.4, 0.5) is 11.5 Å². The molecular formula is C12H20N4. The molecule has 4 nitrogen and oxygen atoms in total. The first-order valence-corrected chi connectivity index (χ1v) is 6.33. The average molecular weight is 220 g/mol. The van der Waals surface area contributed by atoms with Crippen molar-refractivity contribution in [1.29, 1.82) is 0 Å². The number of hydrogen-bond donors (Lipinski definition) is 2. The van der Waals surface area contributed by atoms with Crippen molar-refractivity contribution in [3.63, 3.8) is 0 Å². The molecule has 0 radical (unpaired) electrons. The molecule has 3 rings (SSSR count). The number of anilines is 2. The Kier molecular flexibility index (Phi) is 2.13. The van der Waals surface area contributed by atoms with E-state index in [9.17, 15) is 0 Å². The smallest absolute Gasteiger partial charge is 0.148 e. The molecule has 1 fully saturated rings. The Bertz CT molecular complexity index is 401. The molecule has 1 aliphatic heterocycles. The number of nitrogens with zero attached hydrogens (tertiary/aromatic N) is 2. The van der Waals surface area contributed by atoms with Crippen molar-refractivity contribution in [2.45, 2.75) is 51.6 Å². The fraction of sp³-hybridized carbons (Fsp3) is 0.750. The summed E-state index contributed by atoms with van der Waals surface area (Å²) in [5.41, 5.74) is 2.61. The minimum atomic E-state index is 0.298. The third-order valence-corrected chi connectivity index (χ3v) is 3.97. The zero-order valence-electron chi connectivity index (χ0n) is 10.1. The monoisotopic (exact) mass is 220 g/mol. The van der Waals surface area contributed by atoms with E-state index in [1.807, 2.05) is 0 Å². The molecule has 1 aromatic heterocycles. The summed E-state index contributed by atoms with van der Waals surface area (Å²) in [6, 6.07) is 0. The second kappa shape index (κ2) is 3.40. The number of fused-ring (bicyclic) bond motifs is 1. The Balaban J connectivity index is 1.98. The van der Waals surface area contributed by atoms with Crippen molar-refractivity contribution >= 4 is 11.5 Å². The number of hydrogen-bond acceptors (Lipinski definition) is 3. The molecule has 0 amide bonds. The maximum absolute atomic E-state index is 4.56. The molecule has 0 aromatic carbocycles. The van der Waals surface area contributed by atoms with E-state index in [1.54, 1.807) is 0 Å². The highest BCUT2D eigenvalue weighted by Gasteiger charge is 2.38. The highest BCUT2D eigenvalue weighted by Crippen LogP contribution is 2.40. The third kappa shape index (κ3) is 1.32. The van der Waals surface area contributed by atoms with E-state index in [1.165, 1.54) is 37.2 Å². The number of aryl methyl sites for hydroxylation is 2. The molecule has 1 spiro atoms. The van der Waals surface area contributed by atoms with Gasteiger partial charge in [0.05, 0.1) is 11.2 Å². The fourth-order valence-corrected chi connectivity index (χ4v) is 3.06. The molecule has 4 heteroatoms. The van der Waals surface area contributed by atoms with Gasteiger partial charge in [-0.3, -0.25) is 0 Å². The molecule has 1 aromatic rings. The minimum absolute atomic E-state index is 0.298. The molecule has 2 N–H and O–H groups in total. The van der Waals surface area contributed by atoms with Gasteiger partial charge < -0.3 is 10.6 Å². The van der Waals surface area contributed by atoms with Gasteiger partial charge in [-0.05, 0) is 26.7 Å². The van der Waals surface area contributed by atoms with Gasteiger partial charge in [-0.1, -0.05) is 12.8 Å². The lowest BCUT2D eigenvalue weighted by Crippen LogP contribution is -2.45. The van der Waals surface area contributed by atoms with Crippen molar-refractivity contribution in [1.82, 2.24) is 9.78 Å². The summed E-state index contributed by atoms with van der Waals surface area (Å²) in [6.45, 7) is 6.20. The second-order valence-corrected chi connectivity index (χ2v) is 5.09. The number of nitrogens with one attached hydrogen (secondary N) is 2. The summed E-state index contributed by atoms with van der Waals surface area (Å²) in [6.07, 6.45) is 5.27. The summed E-state index contributed by atoms with van der Waals surface area (Å²) >= 11 is 0. The van der Waals surface area contributed by atoms with Crippen molar-refractivity contribution in [2.75, 3.05) is 17.2 Å². The fourth-order valence-electron chi connectivity index (χ4n) is 3.06. The first kappa shape index (κ1) is 10.00. The molecule has 0 unspecified atom stereocenters. The van der Waals surface area contributed by atoms with Crippen LogP contribution in [0.15, 0.2) is 0 Å². The molecule has 2 aliphatic rings. The van der Waals surface area contributed by atoms with Gasteiger partial charge >= 0.3 is 0 Å². The van der Waals surface area contributed by atoms with Crippen LogP contribution in [0.25, 0.3) is 0 Å². The number of aromatic nitrogens is 2. The second-order valence-electron chi connectivity index (χ2n) is 5.09. The van der Waals surface area contributed by atoms with Gasteiger partial charge in [0.2, 0.25) is 0 Å². The molecular weight excluding hydrogens is 200 g/mol.